The van der Waals surface area contributed by atoms with Crippen molar-refractivity contribution < 1.29 is 19.0 Å². The predicted octanol–water partition coefficient (Wildman–Crippen LogP) is 1.67. The minimum atomic E-state index is 0.0371. The van der Waals surface area contributed by atoms with Gasteiger partial charge in [0.2, 0.25) is 0 Å². The lowest BCUT2D eigenvalue weighted by Crippen LogP contribution is -2.18. The van der Waals surface area contributed by atoms with Crippen LogP contribution in [0, 0.1) is 5.41 Å². The van der Waals surface area contributed by atoms with E-state index in [0.717, 1.165) is 0 Å². The lowest BCUT2D eigenvalue weighted by Gasteiger charge is -2.16. The molecule has 0 amide bonds. The van der Waals surface area contributed by atoms with Crippen molar-refractivity contribution in [1.82, 2.24) is 0 Å². The summed E-state index contributed by atoms with van der Waals surface area (Å²) in [5.41, 5.74) is 0.0371. The van der Waals surface area contributed by atoms with Crippen molar-refractivity contribution in [2.45, 2.75) is 27.2 Å². The van der Waals surface area contributed by atoms with Gasteiger partial charge in [-0.15, -0.1) is 0 Å². The summed E-state index contributed by atoms with van der Waals surface area (Å²) < 4.78 is 15.2. The van der Waals surface area contributed by atoms with Gasteiger partial charge >= 0.3 is 0 Å². The maximum Gasteiger partial charge on any atom is 0.158 e. The second-order valence-electron chi connectivity index (χ2n) is 4.93. The van der Waals surface area contributed by atoms with Gasteiger partial charge in [-0.25, -0.2) is 0 Å². The molecular weight excluding hydrogens is 208 g/mol. The molecule has 4 nitrogen and oxygen atoms in total. The molecule has 0 rings (SSSR count). The summed E-state index contributed by atoms with van der Waals surface area (Å²) in [5, 5.41) is 0. The molecule has 0 N–H and O–H groups in total. The Morgan fingerprint density at radius 3 is 2.12 bits per heavy atom. The van der Waals surface area contributed by atoms with Gasteiger partial charge in [0.05, 0.1) is 26.4 Å². The van der Waals surface area contributed by atoms with Crippen LogP contribution >= 0.6 is 0 Å². The number of methoxy groups -OCH3 is 1. The van der Waals surface area contributed by atoms with Crippen molar-refractivity contribution in [1.29, 1.82) is 0 Å². The van der Waals surface area contributed by atoms with E-state index in [0.29, 0.717) is 32.8 Å². The number of ketones is 1. The maximum atomic E-state index is 11.4. The molecule has 16 heavy (non-hydrogen) atoms. The molecule has 0 bridgehead atoms. The van der Waals surface area contributed by atoms with Crippen molar-refractivity contribution in [3.05, 3.63) is 0 Å². The highest BCUT2D eigenvalue weighted by Crippen LogP contribution is 2.18. The topological polar surface area (TPSA) is 44.8 Å². The Bertz CT molecular complexity index is 184. The highest BCUT2D eigenvalue weighted by molar-refractivity contribution is 5.80. The van der Waals surface area contributed by atoms with E-state index in [2.05, 4.69) is 0 Å². The highest BCUT2D eigenvalue weighted by Gasteiger charge is 2.15. The van der Waals surface area contributed by atoms with Gasteiger partial charge in [-0.3, -0.25) is 4.79 Å². The fourth-order valence-electron chi connectivity index (χ4n) is 1.19. The Morgan fingerprint density at radius 2 is 1.56 bits per heavy atom. The third-order valence-corrected chi connectivity index (χ3v) is 1.79. The normalized spacial score (nSPS) is 11.8. The van der Waals surface area contributed by atoms with Crippen molar-refractivity contribution in [3.8, 4) is 0 Å². The predicted molar refractivity (Wildman–Crippen MR) is 62.6 cm³/mol. The molecule has 0 aromatic heterocycles. The van der Waals surface area contributed by atoms with E-state index in [1.165, 1.54) is 0 Å². The van der Waals surface area contributed by atoms with Gasteiger partial charge in [0.15, 0.2) is 5.78 Å². The van der Waals surface area contributed by atoms with Crippen LogP contribution < -0.4 is 0 Å². The van der Waals surface area contributed by atoms with E-state index in [4.69, 9.17) is 14.2 Å². The molecule has 0 aliphatic rings. The molecule has 0 aliphatic carbocycles. The maximum absolute atomic E-state index is 11.4. The molecule has 0 radical (unpaired) electrons. The summed E-state index contributed by atoms with van der Waals surface area (Å²) in [5.74, 6) is 0.143. The molecule has 0 aliphatic heterocycles. The zero-order valence-electron chi connectivity index (χ0n) is 10.9. The van der Waals surface area contributed by atoms with Gasteiger partial charge in [0, 0.05) is 13.5 Å². The SMILES string of the molecule is COCCOCCOCC(=O)CC(C)(C)C. The van der Waals surface area contributed by atoms with Crippen LogP contribution in [0.4, 0.5) is 0 Å². The Morgan fingerprint density at radius 1 is 1.00 bits per heavy atom. The molecule has 0 aromatic rings. The summed E-state index contributed by atoms with van der Waals surface area (Å²) >= 11 is 0. The Kier molecular flexibility index (Phi) is 8.43. The van der Waals surface area contributed by atoms with Crippen LogP contribution in [0.1, 0.15) is 27.2 Å². The van der Waals surface area contributed by atoms with Crippen LogP contribution in [0.15, 0.2) is 0 Å². The fourth-order valence-corrected chi connectivity index (χ4v) is 1.19. The van der Waals surface area contributed by atoms with E-state index in [9.17, 15) is 4.79 Å². The summed E-state index contributed by atoms with van der Waals surface area (Å²) in [6.45, 7) is 8.42. The first-order valence-electron chi connectivity index (χ1n) is 5.62. The lowest BCUT2D eigenvalue weighted by atomic mass is 9.90. The zero-order valence-corrected chi connectivity index (χ0v) is 10.9. The van der Waals surface area contributed by atoms with E-state index in [1.807, 2.05) is 20.8 Å². The van der Waals surface area contributed by atoms with E-state index >= 15 is 0 Å². The van der Waals surface area contributed by atoms with E-state index in [-0.39, 0.29) is 17.8 Å². The van der Waals surface area contributed by atoms with Crippen LogP contribution in [0.5, 0.6) is 0 Å². The van der Waals surface area contributed by atoms with Crippen LogP contribution in [-0.4, -0.2) is 45.9 Å². The smallest absolute Gasteiger partial charge is 0.158 e. The molecule has 0 aromatic carbocycles. The fraction of sp³-hybridized carbons (Fsp3) is 0.917. The molecule has 0 unspecified atom stereocenters. The molecule has 0 saturated heterocycles. The van der Waals surface area contributed by atoms with Crippen molar-refractivity contribution >= 4 is 5.78 Å². The largest absolute Gasteiger partial charge is 0.382 e. The quantitative estimate of drug-likeness (QED) is 0.567. The monoisotopic (exact) mass is 232 g/mol. The van der Waals surface area contributed by atoms with Crippen LogP contribution in [0.3, 0.4) is 0 Å². The molecule has 0 saturated carbocycles. The summed E-state index contributed by atoms with van der Waals surface area (Å²) in [7, 11) is 1.63. The summed E-state index contributed by atoms with van der Waals surface area (Å²) in [4.78, 5) is 11.4. The van der Waals surface area contributed by atoms with Gasteiger partial charge in [-0.2, -0.15) is 0 Å². The number of rotatable bonds is 9. The molecular formula is C12H24O4. The summed E-state index contributed by atoms with van der Waals surface area (Å²) in [6.07, 6.45) is 0.553. The molecule has 0 heterocycles. The van der Waals surface area contributed by atoms with Gasteiger partial charge in [0.25, 0.3) is 0 Å². The van der Waals surface area contributed by atoms with E-state index in [1.54, 1.807) is 7.11 Å². The van der Waals surface area contributed by atoms with Crippen molar-refractivity contribution in [2.75, 3.05) is 40.1 Å². The second kappa shape index (κ2) is 8.67. The number of ether oxygens (including phenoxy) is 3. The van der Waals surface area contributed by atoms with Crippen LogP contribution in [-0.2, 0) is 19.0 Å². The van der Waals surface area contributed by atoms with Crippen molar-refractivity contribution in [3.63, 3.8) is 0 Å². The number of hydrogen-bond donors (Lipinski definition) is 0. The number of hydrogen-bond acceptors (Lipinski definition) is 4. The molecule has 4 heteroatoms. The number of Topliss-reactive ketones (excluding diaryl/α,β-unsaturated/α-hetero) is 1. The molecule has 0 fully saturated rings. The highest BCUT2D eigenvalue weighted by atomic mass is 16.5. The zero-order chi connectivity index (χ0) is 12.4. The molecule has 96 valence electrons. The third kappa shape index (κ3) is 11.6. The van der Waals surface area contributed by atoms with E-state index < -0.39 is 0 Å². The first kappa shape index (κ1) is 15.6. The molecule has 0 atom stereocenters. The van der Waals surface area contributed by atoms with Crippen molar-refractivity contribution in [2.24, 2.45) is 5.41 Å². The molecule has 0 spiro atoms. The Labute approximate surface area is 98.3 Å². The van der Waals surface area contributed by atoms with Gasteiger partial charge in [-0.1, -0.05) is 20.8 Å². The third-order valence-electron chi connectivity index (χ3n) is 1.79. The van der Waals surface area contributed by atoms with Gasteiger partial charge in [-0.05, 0) is 5.41 Å². The second-order valence-corrected chi connectivity index (χ2v) is 4.93. The lowest BCUT2D eigenvalue weighted by molar-refractivity contribution is -0.125. The Balaban J connectivity index is 3.28. The number of carbonyl (C=O) groups excluding carboxylic acids is 1. The number of carbonyl (C=O) groups is 1. The van der Waals surface area contributed by atoms with Crippen LogP contribution in [0.2, 0.25) is 0 Å². The minimum Gasteiger partial charge on any atom is -0.382 e. The first-order chi connectivity index (χ1) is 7.45. The Hall–Kier alpha value is -0.450. The van der Waals surface area contributed by atoms with Gasteiger partial charge < -0.3 is 14.2 Å². The standard InChI is InChI=1S/C12H24O4/c1-12(2,3)9-11(13)10-16-8-7-15-6-5-14-4/h5-10H2,1-4H3. The average Bonchev–Trinajstić information content (AvgIpc) is 2.13. The minimum absolute atomic E-state index is 0.0371. The van der Waals surface area contributed by atoms with Crippen LogP contribution in [0.25, 0.3) is 0 Å². The van der Waals surface area contributed by atoms with Gasteiger partial charge in [0.1, 0.15) is 6.61 Å². The summed E-state index contributed by atoms with van der Waals surface area (Å²) in [6, 6.07) is 0. The first-order valence-corrected chi connectivity index (χ1v) is 5.62. The average molecular weight is 232 g/mol.